The van der Waals surface area contributed by atoms with E-state index >= 15 is 0 Å². The third-order valence-electron chi connectivity index (χ3n) is 7.27. The van der Waals surface area contributed by atoms with E-state index in [4.69, 9.17) is 9.97 Å². The van der Waals surface area contributed by atoms with Gasteiger partial charge in [-0.3, -0.25) is 0 Å². The average Bonchev–Trinajstić information content (AvgIpc) is 3.09. The summed E-state index contributed by atoms with van der Waals surface area (Å²) in [5.41, 5.74) is 10.5. The van der Waals surface area contributed by atoms with E-state index in [2.05, 4.69) is 101 Å². The average molecular weight is 539 g/mol. The van der Waals surface area contributed by atoms with Crippen LogP contribution in [0.5, 0.6) is 0 Å². The number of rotatable bonds is 6. The minimum absolute atomic E-state index is 0.694. The van der Waals surface area contributed by atoms with Gasteiger partial charge in [0.1, 0.15) is 0 Å². The maximum Gasteiger partial charge on any atom is 0.160 e. The second-order valence-electron chi connectivity index (χ2n) is 10.00. The fourth-order valence-corrected chi connectivity index (χ4v) is 5.02. The van der Waals surface area contributed by atoms with Gasteiger partial charge in [-0.2, -0.15) is 0 Å². The molecule has 7 rings (SSSR count). The van der Waals surface area contributed by atoms with Gasteiger partial charge < -0.3 is 0 Å². The summed E-state index contributed by atoms with van der Waals surface area (Å²) in [5.74, 6) is 1.39. The van der Waals surface area contributed by atoms with Gasteiger partial charge in [0.2, 0.25) is 0 Å². The largest absolute Gasteiger partial charge is 0.237 e. The Hall–Kier alpha value is -5.74. The maximum atomic E-state index is 4.98. The first-order valence-electron chi connectivity index (χ1n) is 13.9. The van der Waals surface area contributed by atoms with E-state index in [1.165, 1.54) is 16.7 Å². The van der Waals surface area contributed by atoms with Crippen LogP contribution in [-0.4, -0.2) is 19.9 Å². The highest BCUT2D eigenvalue weighted by Gasteiger charge is 2.12. The number of benzene rings is 5. The Morgan fingerprint density at radius 2 is 0.643 bits per heavy atom. The Morgan fingerprint density at radius 3 is 1.12 bits per heavy atom. The van der Waals surface area contributed by atoms with Crippen molar-refractivity contribution in [1.29, 1.82) is 0 Å². The predicted molar refractivity (Wildman–Crippen MR) is 170 cm³/mol. The summed E-state index contributed by atoms with van der Waals surface area (Å²) in [7, 11) is 0. The van der Waals surface area contributed by atoms with Gasteiger partial charge in [0.15, 0.2) is 11.6 Å². The standard InChI is InChI=1S/C38H26N4/c1-3-8-27(9-4-1)28-12-14-29(15-13-28)30-16-18-31(19-17-30)35-26-36(42-38(41-35)33-10-5-2-6-11-33)32-20-22-34(23-21-32)37-39-24-7-25-40-37/h1-26H. The molecule has 0 aliphatic heterocycles. The molecule has 0 fully saturated rings. The minimum Gasteiger partial charge on any atom is -0.237 e. The van der Waals surface area contributed by atoms with Crippen LogP contribution < -0.4 is 0 Å². The first-order chi connectivity index (χ1) is 20.8. The predicted octanol–water partition coefficient (Wildman–Crippen LogP) is 9.27. The molecule has 0 atom stereocenters. The molecule has 7 aromatic rings. The molecule has 198 valence electrons. The molecular weight excluding hydrogens is 512 g/mol. The summed E-state index contributed by atoms with van der Waals surface area (Å²) in [6.07, 6.45) is 3.51. The number of hydrogen-bond acceptors (Lipinski definition) is 4. The molecule has 2 aromatic heterocycles. The molecule has 42 heavy (non-hydrogen) atoms. The van der Waals surface area contributed by atoms with Crippen molar-refractivity contribution in [3.8, 4) is 67.5 Å². The van der Waals surface area contributed by atoms with Crippen LogP contribution in [0.25, 0.3) is 67.5 Å². The molecule has 0 aliphatic carbocycles. The fraction of sp³-hybridized carbons (Fsp3) is 0. The summed E-state index contributed by atoms with van der Waals surface area (Å²) in [6, 6.07) is 49.9. The lowest BCUT2D eigenvalue weighted by Gasteiger charge is -2.11. The Bertz CT molecular complexity index is 1920. The lowest BCUT2D eigenvalue weighted by Crippen LogP contribution is -1.96. The molecule has 0 aliphatic rings. The maximum absolute atomic E-state index is 4.98. The van der Waals surface area contributed by atoms with Crippen molar-refractivity contribution in [2.75, 3.05) is 0 Å². The van der Waals surface area contributed by atoms with Crippen LogP contribution in [0.4, 0.5) is 0 Å². The molecule has 0 saturated carbocycles. The summed E-state index contributed by atoms with van der Waals surface area (Å²) < 4.78 is 0. The quantitative estimate of drug-likeness (QED) is 0.212. The number of nitrogens with zero attached hydrogens (tertiary/aromatic N) is 4. The van der Waals surface area contributed by atoms with Gasteiger partial charge in [0.25, 0.3) is 0 Å². The van der Waals surface area contributed by atoms with E-state index in [0.717, 1.165) is 39.2 Å². The topological polar surface area (TPSA) is 51.6 Å². The van der Waals surface area contributed by atoms with Crippen LogP contribution >= 0.6 is 0 Å². The van der Waals surface area contributed by atoms with Crippen molar-refractivity contribution in [2.24, 2.45) is 0 Å². The van der Waals surface area contributed by atoms with Gasteiger partial charge >= 0.3 is 0 Å². The van der Waals surface area contributed by atoms with Crippen molar-refractivity contribution >= 4 is 0 Å². The van der Waals surface area contributed by atoms with E-state index in [-0.39, 0.29) is 0 Å². The van der Waals surface area contributed by atoms with Gasteiger partial charge in [-0.15, -0.1) is 0 Å². The molecule has 0 amide bonds. The Morgan fingerprint density at radius 1 is 0.286 bits per heavy atom. The molecule has 0 saturated heterocycles. The Balaban J connectivity index is 1.22. The van der Waals surface area contributed by atoms with Crippen LogP contribution in [-0.2, 0) is 0 Å². The zero-order valence-corrected chi connectivity index (χ0v) is 22.8. The lowest BCUT2D eigenvalue weighted by atomic mass is 9.99. The summed E-state index contributed by atoms with van der Waals surface area (Å²) in [5, 5.41) is 0. The highest BCUT2D eigenvalue weighted by Crippen LogP contribution is 2.31. The highest BCUT2D eigenvalue weighted by molar-refractivity contribution is 5.76. The SMILES string of the molecule is c1ccc(-c2ccc(-c3ccc(-c4cc(-c5ccc(-c6ncccn6)cc5)nc(-c5ccccc5)n4)cc3)cc2)cc1. The first-order valence-corrected chi connectivity index (χ1v) is 13.9. The molecular formula is C38H26N4. The van der Waals surface area contributed by atoms with Crippen molar-refractivity contribution < 1.29 is 0 Å². The van der Waals surface area contributed by atoms with Gasteiger partial charge in [0.05, 0.1) is 11.4 Å². The fourth-order valence-electron chi connectivity index (χ4n) is 5.02. The smallest absolute Gasteiger partial charge is 0.160 e. The number of aromatic nitrogens is 4. The molecule has 4 heteroatoms. The lowest BCUT2D eigenvalue weighted by molar-refractivity contribution is 1.17. The Labute approximate surface area is 245 Å². The van der Waals surface area contributed by atoms with E-state index in [0.29, 0.717) is 11.6 Å². The van der Waals surface area contributed by atoms with Gasteiger partial charge in [0, 0.05) is 34.6 Å². The van der Waals surface area contributed by atoms with E-state index in [1.54, 1.807) is 12.4 Å². The summed E-state index contributed by atoms with van der Waals surface area (Å²) in [6.45, 7) is 0. The van der Waals surface area contributed by atoms with Crippen molar-refractivity contribution in [3.63, 3.8) is 0 Å². The second kappa shape index (κ2) is 11.4. The minimum atomic E-state index is 0.694. The third-order valence-corrected chi connectivity index (χ3v) is 7.27. The van der Waals surface area contributed by atoms with Gasteiger partial charge in [-0.25, -0.2) is 19.9 Å². The van der Waals surface area contributed by atoms with E-state index in [1.807, 2.05) is 54.6 Å². The second-order valence-corrected chi connectivity index (χ2v) is 10.00. The molecule has 0 spiro atoms. The number of hydrogen-bond donors (Lipinski definition) is 0. The van der Waals surface area contributed by atoms with Crippen LogP contribution in [0.3, 0.4) is 0 Å². The Kier molecular flexibility index (Phi) is 6.85. The monoisotopic (exact) mass is 538 g/mol. The zero-order chi connectivity index (χ0) is 28.1. The van der Waals surface area contributed by atoms with Crippen molar-refractivity contribution in [3.05, 3.63) is 158 Å². The molecule has 0 N–H and O–H groups in total. The van der Waals surface area contributed by atoms with Gasteiger partial charge in [-0.05, 0) is 34.4 Å². The molecule has 2 heterocycles. The van der Waals surface area contributed by atoms with Crippen molar-refractivity contribution in [1.82, 2.24) is 19.9 Å². The molecule has 4 nitrogen and oxygen atoms in total. The third kappa shape index (κ3) is 5.34. The van der Waals surface area contributed by atoms with E-state index in [9.17, 15) is 0 Å². The highest BCUT2D eigenvalue weighted by atomic mass is 14.9. The van der Waals surface area contributed by atoms with Crippen LogP contribution in [0.2, 0.25) is 0 Å². The van der Waals surface area contributed by atoms with Gasteiger partial charge in [-0.1, -0.05) is 133 Å². The molecule has 0 radical (unpaired) electrons. The van der Waals surface area contributed by atoms with E-state index < -0.39 is 0 Å². The molecule has 0 bridgehead atoms. The van der Waals surface area contributed by atoms with Crippen molar-refractivity contribution in [2.45, 2.75) is 0 Å². The first kappa shape index (κ1) is 25.2. The molecule has 5 aromatic carbocycles. The summed E-state index contributed by atoms with van der Waals surface area (Å²) in [4.78, 5) is 18.7. The summed E-state index contributed by atoms with van der Waals surface area (Å²) >= 11 is 0. The van der Waals surface area contributed by atoms with Crippen LogP contribution in [0.1, 0.15) is 0 Å². The normalized spacial score (nSPS) is 10.9. The van der Waals surface area contributed by atoms with Crippen LogP contribution in [0, 0.1) is 0 Å². The van der Waals surface area contributed by atoms with Crippen LogP contribution in [0.15, 0.2) is 158 Å². The zero-order valence-electron chi connectivity index (χ0n) is 22.8. The molecule has 0 unspecified atom stereocenters.